The van der Waals surface area contributed by atoms with Gasteiger partial charge >= 0.3 is 0 Å². The van der Waals surface area contributed by atoms with E-state index >= 15 is 0 Å². The summed E-state index contributed by atoms with van der Waals surface area (Å²) in [6.07, 6.45) is 1.16. The highest BCUT2D eigenvalue weighted by molar-refractivity contribution is 6.30. The largest absolute Gasteiger partial charge is 0.368 e. The molecule has 1 fully saturated rings. The molecule has 158 valence electrons. The first-order chi connectivity index (χ1) is 15.1. The topological polar surface area (TPSA) is 67.4 Å². The number of halogens is 1. The summed E-state index contributed by atoms with van der Waals surface area (Å²) in [4.78, 5) is 25.4. The first-order valence-corrected chi connectivity index (χ1v) is 10.6. The van der Waals surface area contributed by atoms with Gasteiger partial charge in [-0.2, -0.15) is 0 Å². The number of carbonyl (C=O) groups is 2. The monoisotopic (exact) mass is 434 g/mol. The number of amides is 2. The Morgan fingerprint density at radius 3 is 2.45 bits per heavy atom. The molecule has 0 bridgehead atoms. The fraction of sp³-hybridized carbons (Fsp3) is 0.200. The Hall–Kier alpha value is -3.15. The number of hydrogen-bond acceptors (Lipinski definition) is 3. The maximum atomic E-state index is 13.1. The highest BCUT2D eigenvalue weighted by atomic mass is 35.5. The molecule has 5 nitrogen and oxygen atoms in total. The van der Waals surface area contributed by atoms with E-state index in [-0.39, 0.29) is 17.9 Å². The second kappa shape index (κ2) is 9.77. The lowest BCUT2D eigenvalue weighted by Crippen LogP contribution is -2.30. The molecule has 0 aromatic heterocycles. The van der Waals surface area contributed by atoms with Gasteiger partial charge in [0.25, 0.3) is 11.8 Å². The molecule has 0 radical (unpaired) electrons. The number of rotatable bonds is 6. The molecule has 2 atom stereocenters. The van der Waals surface area contributed by atoms with Crippen LogP contribution in [-0.4, -0.2) is 24.5 Å². The normalized spacial score (nSPS) is 16.5. The lowest BCUT2D eigenvalue weighted by molar-refractivity contribution is -0.124. The summed E-state index contributed by atoms with van der Waals surface area (Å²) in [5, 5.41) is 6.54. The van der Waals surface area contributed by atoms with Crippen molar-refractivity contribution in [3.63, 3.8) is 0 Å². The lowest BCUT2D eigenvalue weighted by Gasteiger charge is -2.20. The molecule has 1 heterocycles. The second-order valence-corrected chi connectivity index (χ2v) is 7.88. The highest BCUT2D eigenvalue weighted by Crippen LogP contribution is 2.25. The first-order valence-electron chi connectivity index (χ1n) is 10.2. The molecule has 1 saturated heterocycles. The van der Waals surface area contributed by atoms with Crippen molar-refractivity contribution >= 4 is 29.1 Å². The van der Waals surface area contributed by atoms with Crippen LogP contribution in [0.3, 0.4) is 0 Å². The Bertz CT molecular complexity index is 1070. The highest BCUT2D eigenvalue weighted by Gasteiger charge is 2.24. The molecule has 2 amide bonds. The van der Waals surface area contributed by atoms with E-state index in [2.05, 4.69) is 10.6 Å². The van der Waals surface area contributed by atoms with Crippen LogP contribution < -0.4 is 10.6 Å². The van der Waals surface area contributed by atoms with Crippen molar-refractivity contribution in [3.8, 4) is 0 Å². The molecular weight excluding hydrogens is 412 g/mol. The Morgan fingerprint density at radius 1 is 0.935 bits per heavy atom. The standard InChI is InChI=1S/C25H23ClN2O3/c26-20-11-4-9-18(15-20)23(17-7-2-1-3-8-17)28-24(29)19-10-5-12-21(16-19)27-25(30)22-13-6-14-31-22/h1-5,7-12,15-16,22-23H,6,13-14H2,(H,27,30)(H,28,29). The van der Waals surface area contributed by atoms with E-state index in [1.165, 1.54) is 0 Å². The van der Waals surface area contributed by atoms with Gasteiger partial charge in [0.2, 0.25) is 0 Å². The predicted octanol–water partition coefficient (Wildman–Crippen LogP) is 4.98. The summed E-state index contributed by atoms with van der Waals surface area (Å²) in [5.41, 5.74) is 2.84. The van der Waals surface area contributed by atoms with E-state index in [4.69, 9.17) is 16.3 Å². The fourth-order valence-electron chi connectivity index (χ4n) is 3.65. The smallest absolute Gasteiger partial charge is 0.253 e. The Labute approximate surface area is 186 Å². The zero-order valence-electron chi connectivity index (χ0n) is 16.9. The van der Waals surface area contributed by atoms with Gasteiger partial charge in [0.15, 0.2) is 0 Å². The van der Waals surface area contributed by atoms with Crippen molar-refractivity contribution in [1.29, 1.82) is 0 Å². The van der Waals surface area contributed by atoms with Crippen LogP contribution in [0.25, 0.3) is 0 Å². The summed E-state index contributed by atoms with van der Waals surface area (Å²) in [7, 11) is 0. The number of hydrogen-bond donors (Lipinski definition) is 2. The van der Waals surface area contributed by atoms with Gasteiger partial charge < -0.3 is 15.4 Å². The molecular formula is C25H23ClN2O3. The average molecular weight is 435 g/mol. The molecule has 0 spiro atoms. The minimum absolute atomic E-state index is 0.184. The van der Waals surface area contributed by atoms with Crippen molar-refractivity contribution in [2.45, 2.75) is 25.0 Å². The molecule has 2 unspecified atom stereocenters. The molecule has 1 aliphatic rings. The number of carbonyl (C=O) groups excluding carboxylic acids is 2. The molecule has 1 aliphatic heterocycles. The quantitative estimate of drug-likeness (QED) is 0.575. The van der Waals surface area contributed by atoms with Crippen LogP contribution in [0.1, 0.15) is 40.4 Å². The van der Waals surface area contributed by atoms with Crippen LogP contribution in [0.5, 0.6) is 0 Å². The van der Waals surface area contributed by atoms with Crippen LogP contribution in [0, 0.1) is 0 Å². The zero-order chi connectivity index (χ0) is 21.6. The number of benzene rings is 3. The summed E-state index contributed by atoms with van der Waals surface area (Å²) < 4.78 is 5.42. The summed E-state index contributed by atoms with van der Waals surface area (Å²) >= 11 is 6.19. The third-order valence-electron chi connectivity index (χ3n) is 5.20. The first kappa shape index (κ1) is 21.1. The maximum absolute atomic E-state index is 13.1. The van der Waals surface area contributed by atoms with Gasteiger partial charge in [-0.1, -0.05) is 60.1 Å². The average Bonchev–Trinajstić information content (AvgIpc) is 3.33. The van der Waals surface area contributed by atoms with Crippen LogP contribution >= 0.6 is 11.6 Å². The van der Waals surface area contributed by atoms with Gasteiger partial charge in [-0.3, -0.25) is 9.59 Å². The molecule has 2 N–H and O–H groups in total. The third kappa shape index (κ3) is 5.32. The van der Waals surface area contributed by atoms with Crippen molar-refractivity contribution in [2.24, 2.45) is 0 Å². The van der Waals surface area contributed by atoms with Gasteiger partial charge in [0, 0.05) is 22.9 Å². The summed E-state index contributed by atoms with van der Waals surface area (Å²) in [6.45, 7) is 0.602. The molecule has 3 aromatic rings. The Kier molecular flexibility index (Phi) is 6.65. The molecule has 3 aromatic carbocycles. The van der Waals surface area contributed by atoms with E-state index < -0.39 is 6.10 Å². The van der Waals surface area contributed by atoms with E-state index in [0.717, 1.165) is 17.5 Å². The molecule has 6 heteroatoms. The van der Waals surface area contributed by atoms with Crippen molar-refractivity contribution in [2.75, 3.05) is 11.9 Å². The van der Waals surface area contributed by atoms with Gasteiger partial charge in [0.1, 0.15) is 6.10 Å². The maximum Gasteiger partial charge on any atom is 0.253 e. The van der Waals surface area contributed by atoms with Crippen molar-refractivity contribution in [3.05, 3.63) is 101 Å². The van der Waals surface area contributed by atoms with E-state index in [1.54, 1.807) is 30.3 Å². The van der Waals surface area contributed by atoms with Gasteiger partial charge in [0.05, 0.1) is 6.04 Å². The van der Waals surface area contributed by atoms with Crippen LogP contribution in [0.4, 0.5) is 5.69 Å². The minimum atomic E-state index is -0.428. The van der Waals surface area contributed by atoms with E-state index in [9.17, 15) is 9.59 Å². The van der Waals surface area contributed by atoms with E-state index in [1.807, 2.05) is 48.5 Å². The predicted molar refractivity (Wildman–Crippen MR) is 121 cm³/mol. The summed E-state index contributed by atoms with van der Waals surface area (Å²) in [6, 6.07) is 23.7. The minimum Gasteiger partial charge on any atom is -0.368 e. The van der Waals surface area contributed by atoms with Gasteiger partial charge in [-0.25, -0.2) is 0 Å². The Balaban J connectivity index is 1.54. The van der Waals surface area contributed by atoms with Crippen LogP contribution in [-0.2, 0) is 9.53 Å². The third-order valence-corrected chi connectivity index (χ3v) is 5.44. The van der Waals surface area contributed by atoms with E-state index in [0.29, 0.717) is 29.3 Å². The number of ether oxygens (including phenoxy) is 1. The summed E-state index contributed by atoms with van der Waals surface area (Å²) in [5.74, 6) is -0.432. The molecule has 0 saturated carbocycles. The van der Waals surface area contributed by atoms with Crippen LogP contribution in [0.15, 0.2) is 78.9 Å². The Morgan fingerprint density at radius 2 is 1.71 bits per heavy atom. The zero-order valence-corrected chi connectivity index (χ0v) is 17.6. The molecule has 31 heavy (non-hydrogen) atoms. The van der Waals surface area contributed by atoms with Gasteiger partial charge in [-0.05, 0) is 54.3 Å². The SMILES string of the molecule is O=C(NC(c1ccccc1)c1cccc(Cl)c1)c1cccc(NC(=O)C2CCCO2)c1. The van der Waals surface area contributed by atoms with Gasteiger partial charge in [-0.15, -0.1) is 0 Å². The van der Waals surface area contributed by atoms with Crippen molar-refractivity contribution < 1.29 is 14.3 Å². The second-order valence-electron chi connectivity index (χ2n) is 7.44. The lowest BCUT2D eigenvalue weighted by atomic mass is 9.98. The number of anilines is 1. The van der Waals surface area contributed by atoms with Crippen LogP contribution in [0.2, 0.25) is 5.02 Å². The molecule has 0 aliphatic carbocycles. The number of nitrogens with one attached hydrogen (secondary N) is 2. The molecule has 4 rings (SSSR count). The fourth-order valence-corrected chi connectivity index (χ4v) is 3.85. The van der Waals surface area contributed by atoms with Crippen molar-refractivity contribution in [1.82, 2.24) is 5.32 Å².